The van der Waals surface area contributed by atoms with Crippen molar-refractivity contribution in [2.45, 2.75) is 25.9 Å². The van der Waals surface area contributed by atoms with Gasteiger partial charge in [0.15, 0.2) is 0 Å². The SMILES string of the molecule is CC1CC(N)CN(Cc2nnc(-c3ccc(Br)cc3)o2)C1. The maximum Gasteiger partial charge on any atom is 0.247 e. The van der Waals surface area contributed by atoms with Gasteiger partial charge in [-0.1, -0.05) is 22.9 Å². The third-order valence-electron chi connectivity index (χ3n) is 3.68. The second kappa shape index (κ2) is 6.25. The molecule has 1 aliphatic heterocycles. The maximum absolute atomic E-state index is 6.07. The van der Waals surface area contributed by atoms with E-state index in [-0.39, 0.29) is 6.04 Å². The van der Waals surface area contributed by atoms with Crippen molar-refractivity contribution in [2.24, 2.45) is 11.7 Å². The van der Waals surface area contributed by atoms with Crippen molar-refractivity contribution in [1.82, 2.24) is 15.1 Å². The lowest BCUT2D eigenvalue weighted by atomic mass is 9.97. The van der Waals surface area contributed by atoms with Crippen molar-refractivity contribution in [3.05, 3.63) is 34.6 Å². The van der Waals surface area contributed by atoms with Crippen LogP contribution in [-0.2, 0) is 6.54 Å². The van der Waals surface area contributed by atoms with Gasteiger partial charge in [0, 0.05) is 29.2 Å². The molecule has 1 aromatic heterocycles. The minimum absolute atomic E-state index is 0.239. The van der Waals surface area contributed by atoms with E-state index in [9.17, 15) is 0 Å². The number of nitrogens with two attached hydrogens (primary N) is 1. The average Bonchev–Trinajstić information content (AvgIpc) is 2.87. The standard InChI is InChI=1S/C15H19BrN4O/c1-10-6-13(17)8-20(7-10)9-14-18-19-15(21-14)11-2-4-12(16)5-3-11/h2-5,10,13H,6-9,17H2,1H3. The molecule has 0 saturated carbocycles. The highest BCUT2D eigenvalue weighted by atomic mass is 79.9. The lowest BCUT2D eigenvalue weighted by Crippen LogP contribution is -2.45. The molecular formula is C15H19BrN4O. The number of nitrogens with zero attached hydrogens (tertiary/aromatic N) is 3. The quantitative estimate of drug-likeness (QED) is 0.921. The van der Waals surface area contributed by atoms with Crippen molar-refractivity contribution in [2.75, 3.05) is 13.1 Å². The molecule has 2 unspecified atom stereocenters. The van der Waals surface area contributed by atoms with Crippen LogP contribution >= 0.6 is 15.9 Å². The fourth-order valence-electron chi connectivity index (χ4n) is 2.86. The van der Waals surface area contributed by atoms with Crippen LogP contribution < -0.4 is 5.73 Å². The third kappa shape index (κ3) is 3.70. The van der Waals surface area contributed by atoms with Crippen LogP contribution in [-0.4, -0.2) is 34.2 Å². The van der Waals surface area contributed by atoms with Crippen LogP contribution in [0.2, 0.25) is 0 Å². The molecule has 5 nitrogen and oxygen atoms in total. The van der Waals surface area contributed by atoms with Crippen LogP contribution in [0, 0.1) is 5.92 Å². The van der Waals surface area contributed by atoms with Crippen molar-refractivity contribution in [3.63, 3.8) is 0 Å². The highest BCUT2D eigenvalue weighted by Crippen LogP contribution is 2.22. The minimum Gasteiger partial charge on any atom is -0.419 e. The fourth-order valence-corrected chi connectivity index (χ4v) is 3.12. The van der Waals surface area contributed by atoms with Crippen molar-refractivity contribution in [1.29, 1.82) is 0 Å². The number of hydrogen-bond acceptors (Lipinski definition) is 5. The van der Waals surface area contributed by atoms with Crippen LogP contribution in [0.1, 0.15) is 19.2 Å². The highest BCUT2D eigenvalue weighted by Gasteiger charge is 2.23. The van der Waals surface area contributed by atoms with E-state index in [4.69, 9.17) is 10.2 Å². The zero-order valence-corrected chi connectivity index (χ0v) is 13.6. The lowest BCUT2D eigenvalue weighted by Gasteiger charge is -2.33. The molecule has 1 saturated heterocycles. The smallest absolute Gasteiger partial charge is 0.247 e. The molecule has 112 valence electrons. The summed E-state index contributed by atoms with van der Waals surface area (Å²) in [5, 5.41) is 8.28. The van der Waals surface area contributed by atoms with Gasteiger partial charge in [0.25, 0.3) is 0 Å². The van der Waals surface area contributed by atoms with E-state index in [0.29, 0.717) is 24.2 Å². The first-order valence-corrected chi connectivity index (χ1v) is 7.95. The second-order valence-electron chi connectivity index (χ2n) is 5.80. The van der Waals surface area contributed by atoms with E-state index in [1.54, 1.807) is 0 Å². The van der Waals surface area contributed by atoms with Crippen molar-refractivity contribution < 1.29 is 4.42 Å². The topological polar surface area (TPSA) is 68.2 Å². The van der Waals surface area contributed by atoms with Gasteiger partial charge in [-0.05, 0) is 36.6 Å². The summed E-state index contributed by atoms with van der Waals surface area (Å²) < 4.78 is 6.79. The van der Waals surface area contributed by atoms with E-state index in [1.807, 2.05) is 24.3 Å². The molecule has 0 bridgehead atoms. The summed E-state index contributed by atoms with van der Waals surface area (Å²) >= 11 is 3.41. The Hall–Kier alpha value is -1.24. The van der Waals surface area contributed by atoms with Crippen molar-refractivity contribution >= 4 is 15.9 Å². The maximum atomic E-state index is 6.07. The Kier molecular flexibility index (Phi) is 4.37. The molecule has 2 heterocycles. The lowest BCUT2D eigenvalue weighted by molar-refractivity contribution is 0.146. The van der Waals surface area contributed by atoms with Crippen LogP contribution in [0.15, 0.2) is 33.2 Å². The number of aromatic nitrogens is 2. The number of likely N-dealkylation sites (tertiary alicyclic amines) is 1. The first-order chi connectivity index (χ1) is 10.1. The van der Waals surface area contributed by atoms with Gasteiger partial charge < -0.3 is 10.2 Å². The molecule has 6 heteroatoms. The zero-order chi connectivity index (χ0) is 14.8. The van der Waals surface area contributed by atoms with Gasteiger partial charge in [-0.25, -0.2) is 0 Å². The first-order valence-electron chi connectivity index (χ1n) is 7.16. The Labute approximate surface area is 132 Å². The van der Waals surface area contributed by atoms with Gasteiger partial charge in [-0.15, -0.1) is 10.2 Å². The fraction of sp³-hybridized carbons (Fsp3) is 0.467. The van der Waals surface area contributed by atoms with E-state index >= 15 is 0 Å². The Morgan fingerprint density at radius 1 is 1.29 bits per heavy atom. The summed E-state index contributed by atoms with van der Waals surface area (Å²) in [6.07, 6.45) is 1.09. The molecule has 1 fully saturated rings. The zero-order valence-electron chi connectivity index (χ0n) is 12.0. The van der Waals surface area contributed by atoms with Gasteiger partial charge in [0.05, 0.1) is 6.54 Å². The van der Waals surface area contributed by atoms with E-state index in [2.05, 4.69) is 38.0 Å². The molecule has 1 aromatic carbocycles. The number of piperidine rings is 1. The van der Waals surface area contributed by atoms with E-state index < -0.39 is 0 Å². The van der Waals surface area contributed by atoms with Crippen LogP contribution in [0.4, 0.5) is 0 Å². The first kappa shape index (κ1) is 14.7. The number of halogens is 1. The third-order valence-corrected chi connectivity index (χ3v) is 4.21. The van der Waals surface area contributed by atoms with E-state index in [0.717, 1.165) is 29.5 Å². The summed E-state index contributed by atoms with van der Waals surface area (Å²) in [6, 6.07) is 8.08. The summed E-state index contributed by atoms with van der Waals surface area (Å²) in [5.41, 5.74) is 7.00. The van der Waals surface area contributed by atoms with Crippen LogP contribution in [0.5, 0.6) is 0 Å². The second-order valence-corrected chi connectivity index (χ2v) is 6.72. The predicted molar refractivity (Wildman–Crippen MR) is 84.5 cm³/mol. The molecular weight excluding hydrogens is 332 g/mol. The van der Waals surface area contributed by atoms with Gasteiger partial charge >= 0.3 is 0 Å². The molecule has 2 N–H and O–H groups in total. The summed E-state index contributed by atoms with van der Waals surface area (Å²) in [7, 11) is 0. The number of benzene rings is 1. The molecule has 3 rings (SSSR count). The van der Waals surface area contributed by atoms with Crippen molar-refractivity contribution in [3.8, 4) is 11.5 Å². The molecule has 0 radical (unpaired) electrons. The van der Waals surface area contributed by atoms with Gasteiger partial charge in [-0.3, -0.25) is 4.90 Å². The Balaban J connectivity index is 1.69. The molecule has 0 spiro atoms. The Morgan fingerprint density at radius 3 is 2.76 bits per heavy atom. The summed E-state index contributed by atoms with van der Waals surface area (Å²) in [4.78, 5) is 2.29. The molecule has 2 atom stereocenters. The van der Waals surface area contributed by atoms with Gasteiger partial charge in [-0.2, -0.15) is 0 Å². The molecule has 0 amide bonds. The molecule has 0 aliphatic carbocycles. The summed E-state index contributed by atoms with van der Waals surface area (Å²) in [5.74, 6) is 1.82. The average molecular weight is 351 g/mol. The van der Waals surface area contributed by atoms with Crippen LogP contribution in [0.25, 0.3) is 11.5 Å². The Morgan fingerprint density at radius 2 is 2.05 bits per heavy atom. The monoisotopic (exact) mass is 350 g/mol. The molecule has 1 aliphatic rings. The largest absolute Gasteiger partial charge is 0.419 e. The molecule has 21 heavy (non-hydrogen) atoms. The normalized spacial score (nSPS) is 23.4. The van der Waals surface area contributed by atoms with Gasteiger partial charge in [0.1, 0.15) is 0 Å². The minimum atomic E-state index is 0.239. The van der Waals surface area contributed by atoms with Crippen LogP contribution in [0.3, 0.4) is 0 Å². The Bertz CT molecular complexity index is 588. The predicted octanol–water partition coefficient (Wildman–Crippen LogP) is 2.67. The summed E-state index contributed by atoms with van der Waals surface area (Å²) in [6.45, 7) is 4.82. The number of hydrogen-bond donors (Lipinski definition) is 1. The van der Waals surface area contributed by atoms with E-state index in [1.165, 1.54) is 0 Å². The van der Waals surface area contributed by atoms with Gasteiger partial charge in [0.2, 0.25) is 11.8 Å². The highest BCUT2D eigenvalue weighted by molar-refractivity contribution is 9.10. The number of rotatable bonds is 3. The molecule has 2 aromatic rings.